The monoisotopic (exact) mass is 293 g/mol. The van der Waals surface area contributed by atoms with Gasteiger partial charge in [0.05, 0.1) is 19.8 Å². The molecule has 21 heavy (non-hydrogen) atoms. The summed E-state index contributed by atoms with van der Waals surface area (Å²) in [5, 5.41) is 3.02. The van der Waals surface area contributed by atoms with Crippen LogP contribution >= 0.6 is 0 Å². The summed E-state index contributed by atoms with van der Waals surface area (Å²) < 4.78 is 10.4. The molecule has 0 fully saturated rings. The second kappa shape index (κ2) is 8.55. The van der Waals surface area contributed by atoms with E-state index in [9.17, 15) is 4.79 Å². The molecule has 0 heterocycles. The van der Waals surface area contributed by atoms with Gasteiger partial charge in [0, 0.05) is 12.1 Å². The minimum atomic E-state index is -0.105. The molecular formula is C17H27NO3. The average Bonchev–Trinajstić information content (AvgIpc) is 2.45. The molecule has 0 aromatic heterocycles. The normalized spacial score (nSPS) is 12.1. The lowest BCUT2D eigenvalue weighted by molar-refractivity contribution is 0.0934. The van der Waals surface area contributed by atoms with Crippen LogP contribution in [0.1, 0.15) is 50.4 Å². The zero-order valence-electron chi connectivity index (χ0n) is 13.7. The molecule has 4 heteroatoms. The first kappa shape index (κ1) is 17.3. The minimum absolute atomic E-state index is 0.105. The van der Waals surface area contributed by atoms with E-state index < -0.39 is 0 Å². The first-order valence-corrected chi connectivity index (χ1v) is 7.50. The number of nitrogens with one attached hydrogen (secondary N) is 1. The highest BCUT2D eigenvalue weighted by Crippen LogP contribution is 2.24. The smallest absolute Gasteiger partial charge is 0.255 e. The first-order chi connectivity index (χ1) is 9.97. The van der Waals surface area contributed by atoms with Crippen LogP contribution in [0.5, 0.6) is 11.5 Å². The fraction of sp³-hybridized carbons (Fsp3) is 0.588. The largest absolute Gasteiger partial charge is 0.497 e. The van der Waals surface area contributed by atoms with Crippen LogP contribution in [0, 0.1) is 5.92 Å². The van der Waals surface area contributed by atoms with Crippen LogP contribution in [0.25, 0.3) is 0 Å². The third-order valence-electron chi connectivity index (χ3n) is 3.45. The quantitative estimate of drug-likeness (QED) is 0.796. The van der Waals surface area contributed by atoms with E-state index in [1.54, 1.807) is 32.4 Å². The molecule has 1 aromatic carbocycles. The maximum atomic E-state index is 12.3. The predicted octanol–water partition coefficient (Wildman–Crippen LogP) is 3.65. The van der Waals surface area contributed by atoms with Crippen molar-refractivity contribution in [1.82, 2.24) is 5.32 Å². The number of hydrogen-bond donors (Lipinski definition) is 1. The van der Waals surface area contributed by atoms with Gasteiger partial charge in [0.25, 0.3) is 5.91 Å². The van der Waals surface area contributed by atoms with Gasteiger partial charge in [-0.05, 0) is 31.4 Å². The topological polar surface area (TPSA) is 47.6 Å². The Kier molecular flexibility index (Phi) is 7.06. The van der Waals surface area contributed by atoms with E-state index in [0.717, 1.165) is 12.8 Å². The highest BCUT2D eigenvalue weighted by atomic mass is 16.5. The van der Waals surface area contributed by atoms with Crippen molar-refractivity contribution in [2.24, 2.45) is 5.92 Å². The molecule has 0 spiro atoms. The van der Waals surface area contributed by atoms with E-state index in [2.05, 4.69) is 19.2 Å². The number of rotatable bonds is 8. The van der Waals surface area contributed by atoms with E-state index in [4.69, 9.17) is 9.47 Å². The average molecular weight is 293 g/mol. The van der Waals surface area contributed by atoms with E-state index >= 15 is 0 Å². The van der Waals surface area contributed by atoms with E-state index in [-0.39, 0.29) is 11.9 Å². The fourth-order valence-electron chi connectivity index (χ4n) is 2.19. The van der Waals surface area contributed by atoms with Gasteiger partial charge >= 0.3 is 0 Å². The number of methoxy groups -OCH3 is 2. The molecule has 1 N–H and O–H groups in total. The molecule has 0 bridgehead atoms. The Morgan fingerprint density at radius 2 is 1.86 bits per heavy atom. The molecule has 1 amide bonds. The van der Waals surface area contributed by atoms with Crippen molar-refractivity contribution in [3.8, 4) is 11.5 Å². The number of benzene rings is 1. The number of amides is 1. The Labute approximate surface area is 127 Å². The van der Waals surface area contributed by atoms with Gasteiger partial charge in [-0.2, -0.15) is 0 Å². The van der Waals surface area contributed by atoms with Crippen molar-refractivity contribution in [3.05, 3.63) is 23.8 Å². The highest BCUT2D eigenvalue weighted by molar-refractivity contribution is 5.97. The summed E-state index contributed by atoms with van der Waals surface area (Å²) in [7, 11) is 3.14. The van der Waals surface area contributed by atoms with Gasteiger partial charge in [-0.25, -0.2) is 0 Å². The molecule has 4 nitrogen and oxygen atoms in total. The van der Waals surface area contributed by atoms with Crippen LogP contribution in [-0.2, 0) is 0 Å². The molecular weight excluding hydrogens is 266 g/mol. The standard InChI is InChI=1S/C17H27NO3/c1-12(2)7-6-8-13(3)18-17(19)15-10-9-14(20-4)11-16(15)21-5/h9-13H,6-8H2,1-5H3,(H,18,19)/t13-/m0/s1. The molecule has 118 valence electrons. The SMILES string of the molecule is COc1ccc(C(=O)N[C@@H](C)CCCC(C)C)c(OC)c1. The third-order valence-corrected chi connectivity index (χ3v) is 3.45. The lowest BCUT2D eigenvalue weighted by Crippen LogP contribution is -2.32. The van der Waals surface area contributed by atoms with Gasteiger partial charge in [-0.3, -0.25) is 4.79 Å². The van der Waals surface area contributed by atoms with Crippen LogP contribution in [-0.4, -0.2) is 26.2 Å². The lowest BCUT2D eigenvalue weighted by atomic mass is 10.0. The van der Waals surface area contributed by atoms with E-state index in [0.29, 0.717) is 23.0 Å². The van der Waals surface area contributed by atoms with E-state index in [1.165, 1.54) is 6.42 Å². The lowest BCUT2D eigenvalue weighted by Gasteiger charge is -2.16. The molecule has 0 saturated carbocycles. The molecule has 1 atom stereocenters. The van der Waals surface area contributed by atoms with Crippen LogP contribution in [0.15, 0.2) is 18.2 Å². The Hall–Kier alpha value is -1.71. The summed E-state index contributed by atoms with van der Waals surface area (Å²) in [5.41, 5.74) is 0.536. The second-order valence-electron chi connectivity index (χ2n) is 5.77. The Morgan fingerprint density at radius 1 is 1.14 bits per heavy atom. The molecule has 0 saturated heterocycles. The van der Waals surface area contributed by atoms with Crippen molar-refractivity contribution in [3.63, 3.8) is 0 Å². The molecule has 0 aliphatic carbocycles. The Bertz CT molecular complexity index is 457. The maximum Gasteiger partial charge on any atom is 0.255 e. The zero-order valence-corrected chi connectivity index (χ0v) is 13.7. The highest BCUT2D eigenvalue weighted by Gasteiger charge is 2.15. The number of carbonyl (C=O) groups excluding carboxylic acids is 1. The van der Waals surface area contributed by atoms with Crippen LogP contribution in [0.3, 0.4) is 0 Å². The fourth-order valence-corrected chi connectivity index (χ4v) is 2.19. The summed E-state index contributed by atoms with van der Waals surface area (Å²) in [6.07, 6.45) is 3.30. The predicted molar refractivity (Wildman–Crippen MR) is 85.2 cm³/mol. The summed E-state index contributed by atoms with van der Waals surface area (Å²) in [6.45, 7) is 6.46. The van der Waals surface area contributed by atoms with Gasteiger partial charge in [0.2, 0.25) is 0 Å². The number of carbonyl (C=O) groups is 1. The van der Waals surface area contributed by atoms with Gasteiger partial charge in [-0.1, -0.05) is 26.7 Å². The van der Waals surface area contributed by atoms with Crippen LogP contribution in [0.2, 0.25) is 0 Å². The van der Waals surface area contributed by atoms with Gasteiger partial charge < -0.3 is 14.8 Å². The second-order valence-corrected chi connectivity index (χ2v) is 5.77. The zero-order chi connectivity index (χ0) is 15.8. The number of ether oxygens (including phenoxy) is 2. The van der Waals surface area contributed by atoms with Crippen molar-refractivity contribution in [1.29, 1.82) is 0 Å². The number of hydrogen-bond acceptors (Lipinski definition) is 3. The van der Waals surface area contributed by atoms with Crippen LogP contribution in [0.4, 0.5) is 0 Å². The molecule has 1 rings (SSSR count). The van der Waals surface area contributed by atoms with E-state index in [1.807, 2.05) is 6.92 Å². The molecule has 0 aliphatic rings. The summed E-state index contributed by atoms with van der Waals surface area (Å²) in [6, 6.07) is 5.37. The molecule has 0 radical (unpaired) electrons. The van der Waals surface area contributed by atoms with Gasteiger partial charge in [0.15, 0.2) is 0 Å². The van der Waals surface area contributed by atoms with Crippen molar-refractivity contribution in [2.45, 2.75) is 46.1 Å². The van der Waals surface area contributed by atoms with Gasteiger partial charge in [0.1, 0.15) is 11.5 Å². The minimum Gasteiger partial charge on any atom is -0.497 e. The Balaban J connectivity index is 2.62. The maximum absolute atomic E-state index is 12.3. The summed E-state index contributed by atoms with van der Waals surface area (Å²) >= 11 is 0. The molecule has 1 aromatic rings. The summed E-state index contributed by atoms with van der Waals surface area (Å²) in [5.74, 6) is 1.80. The molecule has 0 unspecified atom stereocenters. The molecule has 0 aliphatic heterocycles. The van der Waals surface area contributed by atoms with Gasteiger partial charge in [-0.15, -0.1) is 0 Å². The first-order valence-electron chi connectivity index (χ1n) is 7.50. The van der Waals surface area contributed by atoms with Crippen molar-refractivity contribution < 1.29 is 14.3 Å². The Morgan fingerprint density at radius 3 is 2.43 bits per heavy atom. The van der Waals surface area contributed by atoms with Crippen molar-refractivity contribution >= 4 is 5.91 Å². The van der Waals surface area contributed by atoms with Crippen LogP contribution < -0.4 is 14.8 Å². The summed E-state index contributed by atoms with van der Waals surface area (Å²) in [4.78, 5) is 12.3. The third kappa shape index (κ3) is 5.66. The van der Waals surface area contributed by atoms with Crippen molar-refractivity contribution in [2.75, 3.05) is 14.2 Å².